The van der Waals surface area contributed by atoms with E-state index in [4.69, 9.17) is 5.73 Å². The molecule has 0 bridgehead atoms. The van der Waals surface area contributed by atoms with E-state index in [0.717, 1.165) is 12.3 Å². The maximum atomic E-state index is 12.0. The van der Waals surface area contributed by atoms with Crippen LogP contribution in [0.5, 0.6) is 0 Å². The fourth-order valence-corrected chi connectivity index (χ4v) is 5.04. The molecule has 1 aliphatic heterocycles. The molecule has 0 radical (unpaired) electrons. The largest absolute Gasteiger partial charge is 0.329 e. The molecule has 1 saturated heterocycles. The maximum absolute atomic E-state index is 12.0. The molecular weight excluding hydrogens is 244 g/mol. The summed E-state index contributed by atoms with van der Waals surface area (Å²) in [6.45, 7) is 7.02. The molecule has 1 unspecified atom stereocenters. The van der Waals surface area contributed by atoms with Crippen LogP contribution in [0.3, 0.4) is 0 Å². The molecule has 0 amide bonds. The first kappa shape index (κ1) is 14.3. The highest BCUT2D eigenvalue weighted by atomic mass is 32.2. The summed E-state index contributed by atoms with van der Waals surface area (Å²) in [6.07, 6.45) is 0. The number of hydrogen-bond acceptors (Lipinski definition) is 5. The Morgan fingerprint density at radius 1 is 1.50 bits per heavy atom. The van der Waals surface area contributed by atoms with Gasteiger partial charge in [0.05, 0.1) is 0 Å². The third-order valence-corrected chi connectivity index (χ3v) is 6.47. The smallest absolute Gasteiger partial charge is 0.166 e. The van der Waals surface area contributed by atoms with Gasteiger partial charge < -0.3 is 5.73 Å². The lowest BCUT2D eigenvalue weighted by molar-refractivity contribution is 0.122. The lowest BCUT2D eigenvalue weighted by Crippen LogP contribution is -2.59. The molecule has 0 aromatic rings. The molecule has 0 saturated carbocycles. The van der Waals surface area contributed by atoms with Crippen molar-refractivity contribution < 1.29 is 8.42 Å². The molecule has 0 aromatic carbocycles. The van der Waals surface area contributed by atoms with Crippen LogP contribution in [-0.2, 0) is 9.84 Å². The van der Waals surface area contributed by atoms with Crippen LogP contribution in [0.2, 0.25) is 0 Å². The van der Waals surface area contributed by atoms with Crippen molar-refractivity contribution >= 4 is 21.6 Å². The van der Waals surface area contributed by atoms with Crippen molar-refractivity contribution in [1.82, 2.24) is 4.90 Å². The van der Waals surface area contributed by atoms with Crippen molar-refractivity contribution in [1.29, 1.82) is 0 Å². The molecule has 96 valence electrons. The summed E-state index contributed by atoms with van der Waals surface area (Å²) in [5.74, 6) is 1.86. The van der Waals surface area contributed by atoms with Gasteiger partial charge in [0, 0.05) is 35.9 Å². The minimum atomic E-state index is -3.01. The number of hydrogen-bond donors (Lipinski definition) is 1. The number of rotatable bonds is 4. The fourth-order valence-electron chi connectivity index (χ4n) is 1.88. The summed E-state index contributed by atoms with van der Waals surface area (Å²) in [5.41, 5.74) is 5.50. The van der Waals surface area contributed by atoms with Crippen LogP contribution in [-0.4, -0.2) is 54.6 Å². The van der Waals surface area contributed by atoms with E-state index in [2.05, 4.69) is 4.90 Å². The van der Waals surface area contributed by atoms with E-state index in [9.17, 15) is 8.42 Å². The number of thioether (sulfide) groups is 1. The second-order valence-corrected chi connectivity index (χ2v) is 8.29. The third-order valence-electron chi connectivity index (χ3n) is 3.18. The molecule has 1 heterocycles. The van der Waals surface area contributed by atoms with Crippen LogP contribution in [0.1, 0.15) is 20.8 Å². The van der Waals surface area contributed by atoms with Crippen molar-refractivity contribution in [2.45, 2.75) is 31.7 Å². The summed E-state index contributed by atoms with van der Waals surface area (Å²) in [4.78, 5) is 2.06. The second-order valence-electron chi connectivity index (χ2n) is 4.69. The average Bonchev–Trinajstić information content (AvgIpc) is 2.29. The van der Waals surface area contributed by atoms with Crippen molar-refractivity contribution in [2.75, 3.05) is 30.3 Å². The molecule has 1 aliphatic rings. The van der Waals surface area contributed by atoms with Gasteiger partial charge in [-0.2, -0.15) is 11.8 Å². The molecule has 4 nitrogen and oxygen atoms in total. The van der Waals surface area contributed by atoms with Gasteiger partial charge in [0.15, 0.2) is 9.84 Å². The monoisotopic (exact) mass is 266 g/mol. The Labute approximate surface area is 103 Å². The van der Waals surface area contributed by atoms with Gasteiger partial charge in [-0.05, 0) is 13.8 Å². The van der Waals surface area contributed by atoms with E-state index in [0.29, 0.717) is 12.3 Å². The van der Waals surface area contributed by atoms with Gasteiger partial charge in [0.1, 0.15) is 5.37 Å². The highest BCUT2D eigenvalue weighted by molar-refractivity contribution is 8.01. The van der Waals surface area contributed by atoms with Gasteiger partial charge in [-0.25, -0.2) is 8.42 Å². The van der Waals surface area contributed by atoms with E-state index >= 15 is 0 Å². The summed E-state index contributed by atoms with van der Waals surface area (Å²) >= 11 is 1.71. The normalized spacial score (nSPS) is 24.6. The van der Waals surface area contributed by atoms with Gasteiger partial charge in [-0.3, -0.25) is 4.90 Å². The molecule has 0 aromatic heterocycles. The molecule has 1 rings (SSSR count). The molecule has 0 spiro atoms. The third kappa shape index (κ3) is 2.91. The van der Waals surface area contributed by atoms with E-state index in [1.165, 1.54) is 0 Å². The van der Waals surface area contributed by atoms with E-state index in [1.54, 1.807) is 18.7 Å². The molecular formula is C10H22N2O2S2. The lowest BCUT2D eigenvalue weighted by Gasteiger charge is -2.44. The SMILES string of the molecule is CCS(=O)(=O)C1CSCCN1C(C)(C)CN. The zero-order valence-corrected chi connectivity index (χ0v) is 11.9. The Bertz CT molecular complexity index is 328. The number of nitrogens with two attached hydrogens (primary N) is 1. The Morgan fingerprint density at radius 2 is 2.12 bits per heavy atom. The number of sulfone groups is 1. The molecule has 1 fully saturated rings. The molecule has 6 heteroatoms. The first-order valence-electron chi connectivity index (χ1n) is 5.61. The Balaban J connectivity index is 2.97. The van der Waals surface area contributed by atoms with Crippen molar-refractivity contribution in [2.24, 2.45) is 5.73 Å². The van der Waals surface area contributed by atoms with Crippen LogP contribution in [0.4, 0.5) is 0 Å². The Morgan fingerprint density at radius 3 is 2.62 bits per heavy atom. The van der Waals surface area contributed by atoms with Gasteiger partial charge in [0.2, 0.25) is 0 Å². The summed E-state index contributed by atoms with van der Waals surface area (Å²) in [6, 6.07) is 0. The minimum Gasteiger partial charge on any atom is -0.329 e. The van der Waals surface area contributed by atoms with Gasteiger partial charge in [0.25, 0.3) is 0 Å². The first-order valence-corrected chi connectivity index (χ1v) is 8.48. The van der Waals surface area contributed by atoms with Gasteiger partial charge >= 0.3 is 0 Å². The summed E-state index contributed by atoms with van der Waals surface area (Å²) in [7, 11) is -3.01. The topological polar surface area (TPSA) is 63.4 Å². The van der Waals surface area contributed by atoms with E-state index in [1.807, 2.05) is 13.8 Å². The van der Waals surface area contributed by atoms with Crippen molar-refractivity contribution in [3.05, 3.63) is 0 Å². The molecule has 1 atom stereocenters. The molecule has 0 aliphatic carbocycles. The highest BCUT2D eigenvalue weighted by Crippen LogP contribution is 2.27. The predicted molar refractivity (Wildman–Crippen MR) is 70.4 cm³/mol. The summed E-state index contributed by atoms with van der Waals surface area (Å²) < 4.78 is 24.1. The minimum absolute atomic E-state index is 0.204. The van der Waals surface area contributed by atoms with E-state index in [-0.39, 0.29) is 16.7 Å². The summed E-state index contributed by atoms with van der Waals surface area (Å²) in [5, 5.41) is -0.366. The Kier molecular flexibility index (Phi) is 4.68. The predicted octanol–water partition coefficient (Wildman–Crippen LogP) is 0.533. The molecule has 16 heavy (non-hydrogen) atoms. The van der Waals surface area contributed by atoms with Crippen LogP contribution in [0, 0.1) is 0 Å². The second kappa shape index (κ2) is 5.25. The fraction of sp³-hybridized carbons (Fsp3) is 1.00. The zero-order valence-electron chi connectivity index (χ0n) is 10.3. The van der Waals surface area contributed by atoms with Gasteiger partial charge in [-0.15, -0.1) is 0 Å². The van der Waals surface area contributed by atoms with Crippen molar-refractivity contribution in [3.63, 3.8) is 0 Å². The van der Waals surface area contributed by atoms with Crippen LogP contribution >= 0.6 is 11.8 Å². The standard InChI is InChI=1S/C10H22N2O2S2/c1-4-16(13,14)9-7-15-6-5-12(9)10(2,3)8-11/h9H,4-8,11H2,1-3H3. The highest BCUT2D eigenvalue weighted by Gasteiger charge is 2.39. The van der Waals surface area contributed by atoms with Crippen molar-refractivity contribution in [3.8, 4) is 0 Å². The molecule has 2 N–H and O–H groups in total. The van der Waals surface area contributed by atoms with Gasteiger partial charge in [-0.1, -0.05) is 6.92 Å². The van der Waals surface area contributed by atoms with Crippen LogP contribution < -0.4 is 5.73 Å². The first-order chi connectivity index (χ1) is 7.35. The Hall–Kier alpha value is 0.220. The lowest BCUT2D eigenvalue weighted by atomic mass is 10.0. The zero-order chi connectivity index (χ0) is 12.4. The maximum Gasteiger partial charge on any atom is 0.166 e. The van der Waals surface area contributed by atoms with E-state index < -0.39 is 9.84 Å². The number of nitrogens with zero attached hydrogens (tertiary/aromatic N) is 1. The quantitative estimate of drug-likeness (QED) is 0.804. The van der Waals surface area contributed by atoms with Crippen LogP contribution in [0.15, 0.2) is 0 Å². The average molecular weight is 266 g/mol. The van der Waals surface area contributed by atoms with Crippen LogP contribution in [0.25, 0.3) is 0 Å².